The number of nitrogens with zero attached hydrogens (tertiary/aromatic N) is 1. The number of primary amides is 2. The van der Waals surface area contributed by atoms with E-state index in [4.69, 9.17) is 11.5 Å². The molecule has 0 aliphatic rings. The zero-order chi connectivity index (χ0) is 10.0. The van der Waals surface area contributed by atoms with Crippen LogP contribution in [0.15, 0.2) is 0 Å². The molecule has 3 amide bonds. The van der Waals surface area contributed by atoms with Crippen molar-refractivity contribution in [2.24, 2.45) is 11.5 Å². The number of carbonyl (C=O) groups excluding carboxylic acids is 2. The minimum Gasteiger partial charge on any atom is -0.365 e. The second-order valence-electron chi connectivity index (χ2n) is 2.33. The van der Waals surface area contributed by atoms with E-state index in [1.807, 2.05) is 0 Å². The van der Waals surface area contributed by atoms with Crippen LogP contribution in [0, 0.1) is 6.92 Å². The van der Waals surface area contributed by atoms with Gasteiger partial charge in [0.1, 0.15) is 5.00 Å². The zero-order valence-corrected chi connectivity index (χ0v) is 7.64. The SMILES string of the molecule is Cc1nsc(NC(N)=O)c1C(N)=O. The van der Waals surface area contributed by atoms with E-state index < -0.39 is 11.9 Å². The number of urea groups is 1. The van der Waals surface area contributed by atoms with Crippen LogP contribution in [0.5, 0.6) is 0 Å². The van der Waals surface area contributed by atoms with E-state index in [2.05, 4.69) is 9.69 Å². The third kappa shape index (κ3) is 1.94. The van der Waals surface area contributed by atoms with E-state index in [1.54, 1.807) is 6.92 Å². The van der Waals surface area contributed by atoms with Crippen LogP contribution in [-0.2, 0) is 0 Å². The van der Waals surface area contributed by atoms with E-state index in [0.29, 0.717) is 5.69 Å². The number of rotatable bonds is 2. The van der Waals surface area contributed by atoms with Crippen LogP contribution in [0.25, 0.3) is 0 Å². The van der Waals surface area contributed by atoms with Gasteiger partial charge in [-0.15, -0.1) is 0 Å². The third-order valence-corrected chi connectivity index (χ3v) is 2.20. The van der Waals surface area contributed by atoms with E-state index in [-0.39, 0.29) is 10.6 Å². The fourth-order valence-corrected chi connectivity index (χ4v) is 1.66. The number of nitrogens with one attached hydrogen (secondary N) is 1. The molecule has 0 saturated heterocycles. The maximum Gasteiger partial charge on any atom is 0.317 e. The van der Waals surface area contributed by atoms with Crippen LogP contribution in [0.3, 0.4) is 0 Å². The van der Waals surface area contributed by atoms with Crippen molar-refractivity contribution in [1.82, 2.24) is 4.37 Å². The zero-order valence-electron chi connectivity index (χ0n) is 6.83. The van der Waals surface area contributed by atoms with Crippen LogP contribution >= 0.6 is 11.5 Å². The van der Waals surface area contributed by atoms with Gasteiger partial charge in [0.15, 0.2) is 0 Å². The van der Waals surface area contributed by atoms with Crippen molar-refractivity contribution in [3.05, 3.63) is 11.3 Å². The Morgan fingerprint density at radius 2 is 2.08 bits per heavy atom. The predicted molar refractivity (Wildman–Crippen MR) is 48.6 cm³/mol. The lowest BCUT2D eigenvalue weighted by Gasteiger charge is -1.98. The maximum absolute atomic E-state index is 10.9. The molecule has 1 heterocycles. The molecule has 0 saturated carbocycles. The highest BCUT2D eigenvalue weighted by atomic mass is 32.1. The Morgan fingerprint density at radius 1 is 1.46 bits per heavy atom. The van der Waals surface area contributed by atoms with Gasteiger partial charge in [0, 0.05) is 0 Å². The van der Waals surface area contributed by atoms with Crippen molar-refractivity contribution >= 4 is 28.5 Å². The first kappa shape index (κ1) is 9.46. The Hall–Kier alpha value is -1.63. The second-order valence-corrected chi connectivity index (χ2v) is 3.10. The third-order valence-electron chi connectivity index (χ3n) is 1.35. The smallest absolute Gasteiger partial charge is 0.317 e. The van der Waals surface area contributed by atoms with Gasteiger partial charge in [0.25, 0.3) is 5.91 Å². The van der Waals surface area contributed by atoms with Crippen molar-refractivity contribution in [2.45, 2.75) is 6.92 Å². The molecule has 0 aliphatic carbocycles. The van der Waals surface area contributed by atoms with Gasteiger partial charge in [-0.25, -0.2) is 4.79 Å². The van der Waals surface area contributed by atoms with Crippen molar-refractivity contribution in [3.63, 3.8) is 0 Å². The number of aromatic nitrogens is 1. The molecule has 1 aromatic heterocycles. The predicted octanol–water partition coefficient (Wildman–Crippen LogP) is 0.0410. The summed E-state index contributed by atoms with van der Waals surface area (Å²) in [7, 11) is 0. The molecule has 0 radical (unpaired) electrons. The summed E-state index contributed by atoms with van der Waals surface area (Å²) in [5.41, 5.74) is 10.6. The molecule has 0 aliphatic heterocycles. The van der Waals surface area contributed by atoms with Crippen molar-refractivity contribution < 1.29 is 9.59 Å². The van der Waals surface area contributed by atoms with Gasteiger partial charge < -0.3 is 11.5 Å². The van der Waals surface area contributed by atoms with Gasteiger partial charge in [-0.2, -0.15) is 4.37 Å². The number of aryl methyl sites for hydroxylation is 1. The number of hydrogen-bond donors (Lipinski definition) is 3. The largest absolute Gasteiger partial charge is 0.365 e. The lowest BCUT2D eigenvalue weighted by molar-refractivity contribution is 0.100. The molecule has 13 heavy (non-hydrogen) atoms. The van der Waals surface area contributed by atoms with Gasteiger partial charge in [-0.1, -0.05) is 0 Å². The van der Waals surface area contributed by atoms with E-state index in [0.717, 1.165) is 11.5 Å². The normalized spacial score (nSPS) is 9.62. The highest BCUT2D eigenvalue weighted by Gasteiger charge is 2.16. The first-order valence-electron chi connectivity index (χ1n) is 3.35. The highest BCUT2D eigenvalue weighted by molar-refractivity contribution is 7.11. The molecule has 70 valence electrons. The Balaban J connectivity index is 3.07. The summed E-state index contributed by atoms with van der Waals surface area (Å²) in [6, 6.07) is -0.744. The molecule has 6 nitrogen and oxygen atoms in total. The number of carbonyl (C=O) groups is 2. The number of nitrogens with two attached hydrogens (primary N) is 2. The first-order valence-corrected chi connectivity index (χ1v) is 4.12. The lowest BCUT2D eigenvalue weighted by Crippen LogP contribution is -2.21. The van der Waals surface area contributed by atoms with Crippen LogP contribution in [-0.4, -0.2) is 16.3 Å². The average Bonchev–Trinajstić information content (AvgIpc) is 2.30. The van der Waals surface area contributed by atoms with Crippen molar-refractivity contribution in [3.8, 4) is 0 Å². The monoisotopic (exact) mass is 200 g/mol. The summed E-state index contributed by atoms with van der Waals surface area (Å²) in [4.78, 5) is 21.4. The molecule has 1 aromatic rings. The van der Waals surface area contributed by atoms with Gasteiger partial charge in [0.2, 0.25) is 0 Å². The lowest BCUT2D eigenvalue weighted by atomic mass is 10.2. The minimum atomic E-state index is -0.744. The molecular formula is C6H8N4O2S. The van der Waals surface area contributed by atoms with Gasteiger partial charge in [-0.3, -0.25) is 10.1 Å². The molecule has 0 spiro atoms. The standard InChI is InChI=1S/C6H8N4O2S/c1-2-3(4(7)11)5(13-10-2)9-6(8)12/h1H3,(H2,7,11)(H3,8,9,12). The Kier molecular flexibility index (Phi) is 2.47. The van der Waals surface area contributed by atoms with Crippen molar-refractivity contribution in [2.75, 3.05) is 5.32 Å². The molecule has 0 atom stereocenters. The Morgan fingerprint density at radius 3 is 2.54 bits per heavy atom. The van der Waals surface area contributed by atoms with E-state index in [1.165, 1.54) is 0 Å². The molecule has 0 unspecified atom stereocenters. The molecular weight excluding hydrogens is 192 g/mol. The number of anilines is 1. The molecule has 0 bridgehead atoms. The number of hydrogen-bond acceptors (Lipinski definition) is 4. The van der Waals surface area contributed by atoms with Crippen LogP contribution in [0.1, 0.15) is 16.1 Å². The Bertz CT molecular complexity index is 360. The summed E-state index contributed by atoms with van der Waals surface area (Å²) in [6.07, 6.45) is 0. The van der Waals surface area contributed by atoms with Crippen LogP contribution < -0.4 is 16.8 Å². The minimum absolute atomic E-state index is 0.212. The summed E-state index contributed by atoms with van der Waals surface area (Å²) in [5, 5.41) is 2.56. The Labute approximate surface area is 78.1 Å². The fourth-order valence-electron chi connectivity index (χ4n) is 0.857. The van der Waals surface area contributed by atoms with Crippen molar-refractivity contribution in [1.29, 1.82) is 0 Å². The van der Waals surface area contributed by atoms with Crippen LogP contribution in [0.4, 0.5) is 9.80 Å². The molecule has 7 heteroatoms. The highest BCUT2D eigenvalue weighted by Crippen LogP contribution is 2.23. The van der Waals surface area contributed by atoms with Gasteiger partial charge in [-0.05, 0) is 18.5 Å². The summed E-state index contributed by atoms with van der Waals surface area (Å²) in [5.74, 6) is -0.630. The quantitative estimate of drug-likeness (QED) is 0.626. The first-order chi connectivity index (χ1) is 6.02. The van der Waals surface area contributed by atoms with Gasteiger partial charge >= 0.3 is 6.03 Å². The fraction of sp³-hybridized carbons (Fsp3) is 0.167. The second kappa shape index (κ2) is 3.40. The van der Waals surface area contributed by atoms with Crippen LogP contribution in [0.2, 0.25) is 0 Å². The van der Waals surface area contributed by atoms with Gasteiger partial charge in [0.05, 0.1) is 11.3 Å². The topological polar surface area (TPSA) is 111 Å². The van der Waals surface area contributed by atoms with E-state index >= 15 is 0 Å². The summed E-state index contributed by atoms with van der Waals surface area (Å²) < 4.78 is 3.86. The molecule has 1 rings (SSSR count). The average molecular weight is 200 g/mol. The maximum atomic E-state index is 10.9. The summed E-state index contributed by atoms with van der Waals surface area (Å²) in [6.45, 7) is 1.63. The molecule has 0 fully saturated rings. The van der Waals surface area contributed by atoms with E-state index in [9.17, 15) is 9.59 Å². The molecule has 0 aromatic carbocycles. The number of amides is 3. The summed E-state index contributed by atoms with van der Waals surface area (Å²) >= 11 is 0.970. The molecule has 5 N–H and O–H groups in total.